The van der Waals surface area contributed by atoms with Gasteiger partial charge >= 0.3 is 0 Å². The van der Waals surface area contributed by atoms with Gasteiger partial charge in [0.2, 0.25) is 0 Å². The van der Waals surface area contributed by atoms with Gasteiger partial charge in [0.25, 0.3) is 0 Å². The highest BCUT2D eigenvalue weighted by Gasteiger charge is 2.18. The van der Waals surface area contributed by atoms with Crippen molar-refractivity contribution in [1.29, 1.82) is 0 Å². The second kappa shape index (κ2) is 6.55. The first-order chi connectivity index (χ1) is 7.53. The lowest BCUT2D eigenvalue weighted by Gasteiger charge is -2.21. The Bertz CT molecular complexity index is 298. The van der Waals surface area contributed by atoms with Crippen LogP contribution in [-0.4, -0.2) is 11.8 Å². The Hall–Kier alpha value is -0.160. The highest BCUT2D eigenvalue weighted by molar-refractivity contribution is 8.77. The van der Waals surface area contributed by atoms with Gasteiger partial charge in [-0.2, -0.15) is 0 Å². The van der Waals surface area contributed by atoms with E-state index >= 15 is 0 Å². The first kappa shape index (κ1) is 13.9. The van der Waals surface area contributed by atoms with Crippen LogP contribution in [0.2, 0.25) is 0 Å². The van der Waals surface area contributed by atoms with E-state index in [0.717, 1.165) is 0 Å². The third-order valence-electron chi connectivity index (χ3n) is 1.68. The summed E-state index contributed by atoms with van der Waals surface area (Å²) >= 11 is 0. The van der Waals surface area contributed by atoms with Crippen LogP contribution in [0.1, 0.15) is 31.8 Å². The highest BCUT2D eigenvalue weighted by atomic mass is 33.1. The van der Waals surface area contributed by atoms with Crippen molar-refractivity contribution in [2.45, 2.75) is 31.0 Å². The largest absolute Gasteiger partial charge is 0.282 e. The predicted octanol–water partition coefficient (Wildman–Crippen LogP) is 4.02. The molecule has 0 amide bonds. The van der Waals surface area contributed by atoms with Crippen molar-refractivity contribution in [3.63, 3.8) is 0 Å². The van der Waals surface area contributed by atoms with Crippen molar-refractivity contribution >= 4 is 21.6 Å². The van der Waals surface area contributed by atoms with Crippen LogP contribution in [0.4, 0.5) is 0 Å². The number of rotatable bonds is 5. The van der Waals surface area contributed by atoms with Gasteiger partial charge in [-0.25, -0.2) is 5.48 Å². The molecule has 0 spiro atoms. The maximum absolute atomic E-state index is 5.52. The molecule has 0 aliphatic heterocycles. The molecule has 0 fully saturated rings. The van der Waals surface area contributed by atoms with Gasteiger partial charge in [-0.15, -0.1) is 0 Å². The second-order valence-corrected chi connectivity index (χ2v) is 7.45. The summed E-state index contributed by atoms with van der Waals surface area (Å²) in [6.07, 6.45) is 0. The monoisotopic (exact) mass is 257 g/mol. The summed E-state index contributed by atoms with van der Waals surface area (Å²) in [5, 5.41) is 0. The first-order valence-corrected chi connectivity index (χ1v) is 7.46. The molecule has 1 aromatic carbocycles. The minimum absolute atomic E-state index is 0.0235. The van der Waals surface area contributed by atoms with Gasteiger partial charge in [0.15, 0.2) is 5.44 Å². The molecule has 4 heteroatoms. The van der Waals surface area contributed by atoms with E-state index < -0.39 is 0 Å². The van der Waals surface area contributed by atoms with Gasteiger partial charge in [-0.05, 0) is 5.56 Å². The van der Waals surface area contributed by atoms with Crippen LogP contribution in [0.5, 0.6) is 0 Å². The summed E-state index contributed by atoms with van der Waals surface area (Å²) < 4.78 is 0.231. The van der Waals surface area contributed by atoms with Crippen LogP contribution in [0.25, 0.3) is 0 Å². The standard InChI is InChI=1S/C12H19NOS2/c1-12(2,3)16-15-11(14-13-4)10-8-6-5-7-9-10/h5-9,11,13H,1-4H3. The molecule has 0 aromatic heterocycles. The quantitative estimate of drug-likeness (QED) is 0.488. The first-order valence-electron chi connectivity index (χ1n) is 5.25. The highest BCUT2D eigenvalue weighted by Crippen LogP contribution is 2.44. The molecule has 1 rings (SSSR count). The van der Waals surface area contributed by atoms with Crippen molar-refractivity contribution in [2.75, 3.05) is 7.05 Å². The second-order valence-electron chi connectivity index (χ2n) is 4.36. The molecule has 0 aliphatic carbocycles. The molecule has 0 saturated heterocycles. The van der Waals surface area contributed by atoms with Crippen LogP contribution in [0, 0.1) is 0 Å². The molecule has 1 atom stereocenters. The van der Waals surface area contributed by atoms with Crippen LogP contribution in [0.15, 0.2) is 30.3 Å². The van der Waals surface area contributed by atoms with Gasteiger partial charge in [0, 0.05) is 11.8 Å². The Kier molecular flexibility index (Phi) is 5.69. The van der Waals surface area contributed by atoms with Gasteiger partial charge < -0.3 is 0 Å². The Morgan fingerprint density at radius 2 is 1.81 bits per heavy atom. The number of hydrogen-bond donors (Lipinski definition) is 1. The minimum atomic E-state index is 0.0235. The van der Waals surface area contributed by atoms with E-state index in [1.54, 1.807) is 17.8 Å². The van der Waals surface area contributed by atoms with E-state index in [4.69, 9.17) is 4.84 Å². The average Bonchev–Trinajstić information content (AvgIpc) is 2.24. The summed E-state index contributed by atoms with van der Waals surface area (Å²) in [5.41, 5.74) is 3.97. The summed E-state index contributed by atoms with van der Waals surface area (Å²) in [6.45, 7) is 6.60. The predicted molar refractivity (Wildman–Crippen MR) is 74.3 cm³/mol. The van der Waals surface area contributed by atoms with Crippen molar-refractivity contribution in [3.05, 3.63) is 35.9 Å². The van der Waals surface area contributed by atoms with Crippen LogP contribution in [0.3, 0.4) is 0 Å². The summed E-state index contributed by atoms with van der Waals surface area (Å²) in [4.78, 5) is 5.52. The molecule has 0 saturated carbocycles. The Labute approximate surface area is 106 Å². The Morgan fingerprint density at radius 3 is 2.31 bits per heavy atom. The zero-order valence-electron chi connectivity index (χ0n) is 10.2. The molecule has 0 bridgehead atoms. The van der Waals surface area contributed by atoms with Gasteiger partial charge in [-0.3, -0.25) is 4.84 Å². The SMILES string of the molecule is CNOC(SSC(C)(C)C)c1ccccc1. The summed E-state index contributed by atoms with van der Waals surface area (Å²) in [6, 6.07) is 10.2. The normalized spacial score (nSPS) is 13.8. The lowest BCUT2D eigenvalue weighted by Crippen LogP contribution is -2.12. The van der Waals surface area contributed by atoms with Crippen LogP contribution >= 0.6 is 21.6 Å². The van der Waals surface area contributed by atoms with Crippen LogP contribution in [-0.2, 0) is 4.84 Å². The van der Waals surface area contributed by atoms with E-state index in [2.05, 4.69) is 38.4 Å². The summed E-state index contributed by atoms with van der Waals surface area (Å²) in [5.74, 6) is 0. The molecule has 16 heavy (non-hydrogen) atoms. The number of hydroxylamine groups is 1. The van der Waals surface area contributed by atoms with Crippen molar-refractivity contribution in [1.82, 2.24) is 5.48 Å². The molecule has 0 aliphatic rings. The van der Waals surface area contributed by atoms with Gasteiger partial charge in [0.1, 0.15) is 0 Å². The van der Waals surface area contributed by atoms with Crippen molar-refractivity contribution < 1.29 is 4.84 Å². The fraction of sp³-hybridized carbons (Fsp3) is 0.500. The molecule has 90 valence electrons. The van der Waals surface area contributed by atoms with E-state index in [9.17, 15) is 0 Å². The number of benzene rings is 1. The molecule has 1 unspecified atom stereocenters. The molecule has 1 aromatic rings. The van der Waals surface area contributed by atoms with E-state index in [1.807, 2.05) is 29.0 Å². The maximum atomic E-state index is 5.52. The Morgan fingerprint density at radius 1 is 1.19 bits per heavy atom. The number of hydrogen-bond acceptors (Lipinski definition) is 4. The third-order valence-corrected chi connectivity index (χ3v) is 5.13. The smallest absolute Gasteiger partial charge is 0.159 e. The summed E-state index contributed by atoms with van der Waals surface area (Å²) in [7, 11) is 5.36. The lowest BCUT2D eigenvalue weighted by molar-refractivity contribution is 0.0387. The van der Waals surface area contributed by atoms with Crippen LogP contribution < -0.4 is 5.48 Å². The lowest BCUT2D eigenvalue weighted by atomic mass is 10.2. The molecule has 0 radical (unpaired) electrons. The fourth-order valence-electron chi connectivity index (χ4n) is 1.05. The molecular formula is C12H19NOS2. The van der Waals surface area contributed by atoms with E-state index in [-0.39, 0.29) is 10.2 Å². The average molecular weight is 257 g/mol. The molecule has 0 heterocycles. The topological polar surface area (TPSA) is 21.3 Å². The van der Waals surface area contributed by atoms with Crippen molar-refractivity contribution in [3.8, 4) is 0 Å². The minimum Gasteiger partial charge on any atom is -0.282 e. The molecule has 2 nitrogen and oxygen atoms in total. The zero-order chi connectivity index (χ0) is 12.0. The molecular weight excluding hydrogens is 238 g/mol. The van der Waals surface area contributed by atoms with E-state index in [0.29, 0.717) is 0 Å². The zero-order valence-corrected chi connectivity index (χ0v) is 11.8. The van der Waals surface area contributed by atoms with Gasteiger partial charge in [-0.1, -0.05) is 72.7 Å². The Balaban J connectivity index is 2.61. The molecule has 1 N–H and O–H groups in total. The fourth-order valence-corrected chi connectivity index (χ4v) is 3.41. The van der Waals surface area contributed by atoms with Crippen molar-refractivity contribution in [2.24, 2.45) is 0 Å². The third kappa shape index (κ3) is 5.25. The maximum Gasteiger partial charge on any atom is 0.159 e. The van der Waals surface area contributed by atoms with Gasteiger partial charge in [0.05, 0.1) is 0 Å². The van der Waals surface area contributed by atoms with E-state index in [1.165, 1.54) is 5.56 Å². The number of nitrogens with one attached hydrogen (secondary N) is 1.